The number of unbranched alkanes of at least 4 members (excludes halogenated alkanes) is 1. The van der Waals surface area contributed by atoms with E-state index in [4.69, 9.17) is 9.84 Å². The van der Waals surface area contributed by atoms with Crippen LogP contribution < -0.4 is 15.5 Å². The van der Waals surface area contributed by atoms with Crippen molar-refractivity contribution in [3.05, 3.63) is 46.3 Å². The number of morpholine rings is 1. The second kappa shape index (κ2) is 13.5. The molecule has 0 bridgehead atoms. The van der Waals surface area contributed by atoms with Gasteiger partial charge in [-0.1, -0.05) is 12.5 Å². The van der Waals surface area contributed by atoms with Crippen LogP contribution in [-0.2, 0) is 19.1 Å². The number of rotatable bonds is 13. The van der Waals surface area contributed by atoms with Crippen LogP contribution in [0.25, 0.3) is 0 Å². The van der Waals surface area contributed by atoms with E-state index < -0.39 is 24.3 Å². The van der Waals surface area contributed by atoms with Crippen LogP contribution in [0.15, 0.2) is 35.8 Å². The molecule has 3 rings (SSSR count). The van der Waals surface area contributed by atoms with Crippen molar-refractivity contribution in [2.75, 3.05) is 37.7 Å². The average Bonchev–Trinajstić information content (AvgIpc) is 3.40. The zero-order valence-corrected chi connectivity index (χ0v) is 20.2. The Hall–Kier alpha value is -3.31. The Morgan fingerprint density at radius 2 is 2.00 bits per heavy atom. The number of amides is 2. The predicted octanol–water partition coefficient (Wildman–Crippen LogP) is 1.82. The van der Waals surface area contributed by atoms with E-state index in [2.05, 4.69) is 20.5 Å². The van der Waals surface area contributed by atoms with Crippen molar-refractivity contribution in [1.82, 2.24) is 15.6 Å². The fourth-order valence-electron chi connectivity index (χ4n) is 3.77. The number of hydrogen-bond donors (Lipinski definition) is 3. The number of carbonyl (C=O) groups is 4. The number of pyridine rings is 1. The molecule has 0 aromatic carbocycles. The molecular formula is C24H30N4O6S. The summed E-state index contributed by atoms with van der Waals surface area (Å²) in [6.45, 7) is 3.33. The summed E-state index contributed by atoms with van der Waals surface area (Å²) in [5, 5.41) is 16.2. The monoisotopic (exact) mass is 502 g/mol. The standard InChI is InChI=1S/C24H30N4O6S/c29-16-18(14-22(30)31)27-24(33)19(20-5-3-13-35-20)4-1-2-8-25-23(32)17-6-7-21(26-15-17)28-9-11-34-12-10-28/h3,5-7,13,15-16,18-19H,1-2,4,8-12,14H2,(H,25,32)(H,27,33)(H,30,31)/t18-,19?/m1/s1. The maximum atomic E-state index is 12.7. The highest BCUT2D eigenvalue weighted by atomic mass is 32.1. The number of carboxylic acids is 1. The molecule has 2 amide bonds. The van der Waals surface area contributed by atoms with Crippen LogP contribution in [0.4, 0.5) is 5.82 Å². The van der Waals surface area contributed by atoms with E-state index in [9.17, 15) is 19.2 Å². The molecule has 35 heavy (non-hydrogen) atoms. The van der Waals surface area contributed by atoms with Crippen molar-refractivity contribution in [1.29, 1.82) is 0 Å². The molecule has 1 unspecified atom stereocenters. The van der Waals surface area contributed by atoms with Crippen LogP contribution in [0.2, 0.25) is 0 Å². The van der Waals surface area contributed by atoms with Gasteiger partial charge in [0.15, 0.2) is 0 Å². The lowest BCUT2D eigenvalue weighted by molar-refractivity contribution is -0.138. The number of nitrogens with zero attached hydrogens (tertiary/aromatic N) is 2. The highest BCUT2D eigenvalue weighted by Gasteiger charge is 2.24. The highest BCUT2D eigenvalue weighted by Crippen LogP contribution is 2.26. The molecule has 3 heterocycles. The van der Waals surface area contributed by atoms with Crippen LogP contribution in [0.5, 0.6) is 0 Å². The van der Waals surface area contributed by atoms with E-state index in [1.165, 1.54) is 11.3 Å². The van der Waals surface area contributed by atoms with Crippen molar-refractivity contribution in [3.8, 4) is 0 Å². The zero-order valence-electron chi connectivity index (χ0n) is 19.4. The number of aliphatic carboxylic acids is 1. The van der Waals surface area contributed by atoms with Crippen molar-refractivity contribution in [2.24, 2.45) is 0 Å². The Morgan fingerprint density at radius 1 is 1.20 bits per heavy atom. The minimum absolute atomic E-state index is 0.207. The summed E-state index contributed by atoms with van der Waals surface area (Å²) in [5.41, 5.74) is 0.483. The molecule has 1 aliphatic heterocycles. The van der Waals surface area contributed by atoms with E-state index in [0.29, 0.717) is 50.9 Å². The topological polar surface area (TPSA) is 138 Å². The van der Waals surface area contributed by atoms with Crippen LogP contribution in [0.1, 0.15) is 46.8 Å². The van der Waals surface area contributed by atoms with Gasteiger partial charge in [-0.15, -0.1) is 11.3 Å². The highest BCUT2D eigenvalue weighted by molar-refractivity contribution is 7.10. The first-order valence-electron chi connectivity index (χ1n) is 11.6. The first-order chi connectivity index (χ1) is 17.0. The number of nitrogens with one attached hydrogen (secondary N) is 2. The van der Waals surface area contributed by atoms with E-state index in [1.54, 1.807) is 12.3 Å². The number of carbonyl (C=O) groups excluding carboxylic acids is 3. The van der Waals surface area contributed by atoms with Gasteiger partial charge < -0.3 is 30.2 Å². The first-order valence-corrected chi connectivity index (χ1v) is 12.4. The van der Waals surface area contributed by atoms with Gasteiger partial charge in [0.25, 0.3) is 5.91 Å². The van der Waals surface area contributed by atoms with Gasteiger partial charge in [0, 0.05) is 30.7 Å². The molecule has 0 radical (unpaired) electrons. The molecule has 3 N–H and O–H groups in total. The number of ether oxygens (including phenoxy) is 1. The second-order valence-electron chi connectivity index (χ2n) is 8.17. The summed E-state index contributed by atoms with van der Waals surface area (Å²) in [6, 6.07) is 6.21. The Bertz CT molecular complexity index is 976. The van der Waals surface area contributed by atoms with Crippen LogP contribution in [0, 0.1) is 0 Å². The van der Waals surface area contributed by atoms with Crippen molar-refractivity contribution < 1.29 is 29.0 Å². The maximum absolute atomic E-state index is 12.7. The largest absolute Gasteiger partial charge is 0.481 e. The minimum atomic E-state index is -1.16. The molecule has 1 aliphatic rings. The van der Waals surface area contributed by atoms with Crippen LogP contribution in [0.3, 0.4) is 0 Å². The maximum Gasteiger partial charge on any atom is 0.305 e. The molecule has 188 valence electrons. The fraction of sp³-hybridized carbons (Fsp3) is 0.458. The summed E-state index contributed by atoms with van der Waals surface area (Å²) in [7, 11) is 0. The summed E-state index contributed by atoms with van der Waals surface area (Å²) in [5.74, 6) is -1.40. The fourth-order valence-corrected chi connectivity index (χ4v) is 4.63. The molecular weight excluding hydrogens is 472 g/mol. The molecule has 0 spiro atoms. The van der Waals surface area contributed by atoms with Gasteiger partial charge in [-0.05, 0) is 36.4 Å². The molecule has 0 aliphatic carbocycles. The average molecular weight is 503 g/mol. The molecule has 1 saturated heterocycles. The van der Waals surface area contributed by atoms with Gasteiger partial charge in [-0.25, -0.2) is 4.98 Å². The predicted molar refractivity (Wildman–Crippen MR) is 131 cm³/mol. The first kappa shape index (κ1) is 26.3. The summed E-state index contributed by atoms with van der Waals surface area (Å²) in [4.78, 5) is 54.6. The zero-order chi connectivity index (χ0) is 25.0. The van der Waals surface area contributed by atoms with Crippen molar-refractivity contribution in [3.63, 3.8) is 0 Å². The number of thiophene rings is 1. The minimum Gasteiger partial charge on any atom is -0.481 e. The second-order valence-corrected chi connectivity index (χ2v) is 9.15. The summed E-state index contributed by atoms with van der Waals surface area (Å²) in [6.07, 6.45) is 3.38. The van der Waals surface area contributed by atoms with Gasteiger partial charge in [0.05, 0.1) is 37.2 Å². The molecule has 2 aromatic rings. The molecule has 11 heteroatoms. The van der Waals surface area contributed by atoms with Crippen LogP contribution >= 0.6 is 11.3 Å². The van der Waals surface area contributed by atoms with Gasteiger partial charge >= 0.3 is 5.97 Å². The van der Waals surface area contributed by atoms with E-state index >= 15 is 0 Å². The quantitative estimate of drug-likeness (QED) is 0.279. The SMILES string of the molecule is O=C[C@@H](CC(=O)O)NC(=O)C(CCCCNC(=O)c1ccc(N2CCOCC2)nc1)c1cccs1. The normalized spacial score (nSPS) is 15.1. The number of aldehydes is 1. The molecule has 0 saturated carbocycles. The molecule has 10 nitrogen and oxygen atoms in total. The van der Waals surface area contributed by atoms with Crippen molar-refractivity contribution in [2.45, 2.75) is 37.6 Å². The van der Waals surface area contributed by atoms with Gasteiger partial charge in [-0.3, -0.25) is 14.4 Å². The van der Waals surface area contributed by atoms with Gasteiger partial charge in [0.2, 0.25) is 5.91 Å². The summed E-state index contributed by atoms with van der Waals surface area (Å²) >= 11 is 1.43. The van der Waals surface area contributed by atoms with E-state index in [1.807, 2.05) is 23.6 Å². The third-order valence-corrected chi connectivity index (χ3v) is 6.63. The Morgan fingerprint density at radius 3 is 2.63 bits per heavy atom. The third-order valence-electron chi connectivity index (χ3n) is 5.64. The Kier molecular flexibility index (Phi) is 10.2. The summed E-state index contributed by atoms with van der Waals surface area (Å²) < 4.78 is 5.34. The van der Waals surface area contributed by atoms with E-state index in [0.717, 1.165) is 23.8 Å². The molecule has 2 aromatic heterocycles. The number of anilines is 1. The number of hydrogen-bond acceptors (Lipinski definition) is 8. The molecule has 1 fully saturated rings. The van der Waals surface area contributed by atoms with Gasteiger partial charge in [0.1, 0.15) is 12.1 Å². The Balaban J connectivity index is 1.44. The molecule has 2 atom stereocenters. The lowest BCUT2D eigenvalue weighted by Gasteiger charge is -2.27. The third kappa shape index (κ3) is 8.15. The smallest absolute Gasteiger partial charge is 0.305 e. The van der Waals surface area contributed by atoms with Crippen molar-refractivity contribution >= 4 is 41.2 Å². The lowest BCUT2D eigenvalue weighted by Crippen LogP contribution is -2.40. The van der Waals surface area contributed by atoms with E-state index in [-0.39, 0.29) is 11.8 Å². The lowest BCUT2D eigenvalue weighted by atomic mass is 9.98. The Labute approximate surface area is 207 Å². The number of aromatic nitrogens is 1. The van der Waals surface area contributed by atoms with Gasteiger partial charge in [-0.2, -0.15) is 0 Å². The van der Waals surface area contributed by atoms with Crippen LogP contribution in [-0.4, -0.2) is 73.1 Å². The number of carboxylic acid groups (broad SMARTS) is 1.